The lowest BCUT2D eigenvalue weighted by Gasteiger charge is -2.18. The number of amides is 1. The first kappa shape index (κ1) is 17.3. The number of hydrogen-bond acceptors (Lipinski definition) is 5. The Morgan fingerprint density at radius 3 is 3.00 bits per heavy atom. The number of aromatic nitrogens is 3. The first-order chi connectivity index (χ1) is 12.1. The molecule has 1 aliphatic heterocycles. The Labute approximate surface area is 146 Å². The van der Waals surface area contributed by atoms with E-state index in [1.165, 1.54) is 11.6 Å². The smallest absolute Gasteiger partial charge is 0.246 e. The highest BCUT2D eigenvalue weighted by atomic mass is 16.5. The van der Waals surface area contributed by atoms with Gasteiger partial charge in [0.25, 0.3) is 0 Å². The Balaban J connectivity index is 1.75. The van der Waals surface area contributed by atoms with E-state index >= 15 is 0 Å². The average molecular weight is 342 g/mol. The van der Waals surface area contributed by atoms with Crippen LogP contribution in [0.1, 0.15) is 22.9 Å². The van der Waals surface area contributed by atoms with Crippen LogP contribution < -0.4 is 0 Å². The molecule has 132 valence electrons. The highest BCUT2D eigenvalue weighted by Crippen LogP contribution is 2.25. The van der Waals surface area contributed by atoms with E-state index in [4.69, 9.17) is 4.74 Å². The fourth-order valence-corrected chi connectivity index (χ4v) is 3.04. The zero-order valence-electron chi connectivity index (χ0n) is 14.2. The Bertz CT molecular complexity index is 758. The highest BCUT2D eigenvalue weighted by molar-refractivity contribution is 5.87. The van der Waals surface area contributed by atoms with E-state index in [-0.39, 0.29) is 24.7 Å². The third-order valence-corrected chi connectivity index (χ3v) is 4.33. The number of aliphatic hydroxyl groups excluding tert-OH is 1. The van der Waals surface area contributed by atoms with E-state index in [1.54, 1.807) is 15.8 Å². The molecule has 0 aliphatic carbocycles. The minimum absolute atomic E-state index is 0.130. The van der Waals surface area contributed by atoms with Gasteiger partial charge in [0.05, 0.1) is 31.6 Å². The fourth-order valence-electron chi connectivity index (χ4n) is 3.04. The van der Waals surface area contributed by atoms with Crippen molar-refractivity contribution in [1.29, 1.82) is 0 Å². The third-order valence-electron chi connectivity index (χ3n) is 4.33. The van der Waals surface area contributed by atoms with Crippen molar-refractivity contribution in [3.63, 3.8) is 0 Å². The molecular formula is C18H22N4O3. The number of aryl methyl sites for hydroxylation is 1. The van der Waals surface area contributed by atoms with Gasteiger partial charge in [-0.2, -0.15) is 0 Å². The van der Waals surface area contributed by atoms with Crippen LogP contribution >= 0.6 is 0 Å². The largest absolute Gasteiger partial charge is 0.390 e. The number of aliphatic hydroxyl groups is 1. The molecule has 1 aromatic carbocycles. The molecule has 1 amide bonds. The second kappa shape index (κ2) is 7.58. The van der Waals surface area contributed by atoms with Crippen LogP contribution in [0, 0.1) is 6.92 Å². The van der Waals surface area contributed by atoms with E-state index < -0.39 is 0 Å². The van der Waals surface area contributed by atoms with Crippen LogP contribution in [0.25, 0.3) is 0 Å². The second-order valence-corrected chi connectivity index (χ2v) is 6.20. The van der Waals surface area contributed by atoms with Crippen molar-refractivity contribution in [1.82, 2.24) is 19.9 Å². The molecule has 0 saturated carbocycles. The topological polar surface area (TPSA) is 80.5 Å². The Morgan fingerprint density at radius 2 is 2.32 bits per heavy atom. The van der Waals surface area contributed by atoms with Gasteiger partial charge in [0.1, 0.15) is 5.69 Å². The number of likely N-dealkylation sites (tertiary alicyclic amines) is 1. The monoisotopic (exact) mass is 342 g/mol. The number of benzene rings is 1. The zero-order valence-corrected chi connectivity index (χ0v) is 14.2. The van der Waals surface area contributed by atoms with E-state index in [0.717, 1.165) is 5.56 Å². The summed E-state index contributed by atoms with van der Waals surface area (Å²) in [5, 5.41) is 17.2. The normalized spacial score (nSPS) is 20.0. The van der Waals surface area contributed by atoms with Crippen LogP contribution in [0.4, 0.5) is 0 Å². The molecule has 1 fully saturated rings. The molecule has 25 heavy (non-hydrogen) atoms. The second-order valence-electron chi connectivity index (χ2n) is 6.20. The summed E-state index contributed by atoms with van der Waals surface area (Å²) in [5.41, 5.74) is 2.75. The summed E-state index contributed by atoms with van der Waals surface area (Å²) in [6.45, 7) is 6.82. The van der Waals surface area contributed by atoms with Crippen molar-refractivity contribution >= 4 is 5.91 Å². The van der Waals surface area contributed by atoms with Gasteiger partial charge in [-0.1, -0.05) is 41.6 Å². The van der Waals surface area contributed by atoms with Crippen molar-refractivity contribution in [3.8, 4) is 0 Å². The molecule has 7 nitrogen and oxygen atoms in total. The van der Waals surface area contributed by atoms with Gasteiger partial charge in [-0.25, -0.2) is 4.68 Å². The van der Waals surface area contributed by atoms with Gasteiger partial charge in [-0.05, 0) is 18.6 Å². The third kappa shape index (κ3) is 3.94. The summed E-state index contributed by atoms with van der Waals surface area (Å²) in [5.74, 6) is -0.130. The van der Waals surface area contributed by atoms with Crippen LogP contribution in [0.2, 0.25) is 0 Å². The molecule has 0 spiro atoms. The van der Waals surface area contributed by atoms with Crippen LogP contribution in [0.5, 0.6) is 0 Å². The maximum Gasteiger partial charge on any atom is 0.246 e. The van der Waals surface area contributed by atoms with Crippen molar-refractivity contribution < 1.29 is 14.6 Å². The molecule has 2 heterocycles. The lowest BCUT2D eigenvalue weighted by Crippen LogP contribution is -2.28. The van der Waals surface area contributed by atoms with Gasteiger partial charge >= 0.3 is 0 Å². The predicted octanol–water partition coefficient (Wildman–Crippen LogP) is 1.23. The summed E-state index contributed by atoms with van der Waals surface area (Å²) < 4.78 is 7.77. The fraction of sp³-hybridized carbons (Fsp3) is 0.389. The van der Waals surface area contributed by atoms with Gasteiger partial charge in [0, 0.05) is 13.1 Å². The summed E-state index contributed by atoms with van der Waals surface area (Å²) in [6, 6.07) is 7.98. The molecule has 7 heteroatoms. The average Bonchev–Trinajstić information content (AvgIpc) is 3.26. The van der Waals surface area contributed by atoms with Crippen LogP contribution in [-0.4, -0.2) is 50.1 Å². The van der Waals surface area contributed by atoms with Crippen LogP contribution in [0.3, 0.4) is 0 Å². The molecule has 2 aromatic rings. The van der Waals surface area contributed by atoms with Gasteiger partial charge in [-0.15, -0.1) is 5.10 Å². The van der Waals surface area contributed by atoms with E-state index in [2.05, 4.69) is 23.0 Å². The summed E-state index contributed by atoms with van der Waals surface area (Å²) in [7, 11) is 0. The van der Waals surface area contributed by atoms with E-state index in [1.807, 2.05) is 25.1 Å². The van der Waals surface area contributed by atoms with E-state index in [0.29, 0.717) is 25.4 Å². The minimum atomic E-state index is -0.211. The Hall–Kier alpha value is -2.51. The summed E-state index contributed by atoms with van der Waals surface area (Å²) >= 11 is 0. The van der Waals surface area contributed by atoms with E-state index in [9.17, 15) is 9.90 Å². The zero-order chi connectivity index (χ0) is 17.8. The Morgan fingerprint density at radius 1 is 1.48 bits per heavy atom. The number of rotatable bonds is 6. The first-order valence-electron chi connectivity index (χ1n) is 8.20. The number of carbonyl (C=O) groups excluding carboxylic acids is 1. The van der Waals surface area contributed by atoms with Crippen molar-refractivity contribution in [2.75, 3.05) is 13.1 Å². The lowest BCUT2D eigenvalue weighted by molar-refractivity contribution is -0.125. The predicted molar refractivity (Wildman–Crippen MR) is 91.5 cm³/mol. The SMILES string of the molecule is C=CC(=O)N1C[C@@H](n2cc(CO)nn2)[C@H](OCc2cccc(C)c2)C1. The lowest BCUT2D eigenvalue weighted by atomic mass is 10.1. The van der Waals surface area contributed by atoms with Crippen LogP contribution in [0.15, 0.2) is 43.1 Å². The maximum atomic E-state index is 12.0. The van der Waals surface area contributed by atoms with Gasteiger partial charge in [-0.3, -0.25) is 4.79 Å². The quantitative estimate of drug-likeness (QED) is 0.799. The standard InChI is InChI=1S/C18H22N4O3/c1-3-18(24)21-9-16(22-8-15(11-23)19-20-22)17(10-21)25-12-14-6-4-5-13(2)7-14/h3-8,16-17,23H,1,9-12H2,2H3/t16-,17-/m1/s1. The number of ether oxygens (including phenoxy) is 1. The number of hydrogen-bond donors (Lipinski definition) is 1. The summed E-state index contributed by atoms with van der Waals surface area (Å²) in [6.07, 6.45) is 2.79. The first-order valence-corrected chi connectivity index (χ1v) is 8.20. The minimum Gasteiger partial charge on any atom is -0.390 e. The maximum absolute atomic E-state index is 12.0. The molecule has 3 rings (SSSR count). The molecule has 2 atom stereocenters. The highest BCUT2D eigenvalue weighted by Gasteiger charge is 2.37. The molecule has 0 unspecified atom stereocenters. The van der Waals surface area contributed by atoms with Crippen molar-refractivity contribution in [3.05, 3.63) is 59.9 Å². The molecule has 1 N–H and O–H groups in total. The molecule has 0 bridgehead atoms. The van der Waals surface area contributed by atoms with Crippen LogP contribution in [-0.2, 0) is 22.7 Å². The molecule has 1 aromatic heterocycles. The molecule has 1 saturated heterocycles. The van der Waals surface area contributed by atoms with Crippen molar-refractivity contribution in [2.45, 2.75) is 32.3 Å². The Kier molecular flexibility index (Phi) is 5.25. The number of nitrogens with zero attached hydrogens (tertiary/aromatic N) is 4. The summed E-state index contributed by atoms with van der Waals surface area (Å²) in [4.78, 5) is 13.7. The van der Waals surface area contributed by atoms with Crippen molar-refractivity contribution in [2.24, 2.45) is 0 Å². The number of carbonyl (C=O) groups is 1. The molecule has 0 radical (unpaired) electrons. The molecule has 1 aliphatic rings. The van der Waals surface area contributed by atoms with Gasteiger partial charge < -0.3 is 14.7 Å². The van der Waals surface area contributed by atoms with Gasteiger partial charge in [0.2, 0.25) is 5.91 Å². The van der Waals surface area contributed by atoms with Gasteiger partial charge in [0.15, 0.2) is 0 Å². The molecular weight excluding hydrogens is 320 g/mol.